The molecule has 13 rings (SSSR count). The average molecular weight is 872 g/mol. The van der Waals surface area contributed by atoms with Crippen LogP contribution in [0.3, 0.4) is 0 Å². The second-order valence-corrected chi connectivity index (χ2v) is 18.3. The van der Waals surface area contributed by atoms with Crippen molar-refractivity contribution in [1.29, 1.82) is 0 Å². The monoisotopic (exact) mass is 871 g/mol. The third-order valence-electron chi connectivity index (χ3n) is 13.2. The molecule has 11 aromatic carbocycles. The SMILES string of the molecule is c1ccc(-c2ccc(N(c3cc(-c4ccc(-c5cc(-c6ccccc6)cc(-c6ccccc6)c5)cc4)c4c(c3)oc3ccc5ccccc5c34)c3cccc4c3sc3ccccc34)cc2)cc1. The highest BCUT2D eigenvalue weighted by atomic mass is 32.1. The number of fused-ring (bicyclic) bond motifs is 8. The number of hydrogen-bond donors (Lipinski definition) is 0. The molecular formula is C64H41NOS. The summed E-state index contributed by atoms with van der Waals surface area (Å²) in [5, 5.41) is 7.13. The molecule has 2 heterocycles. The number of benzene rings is 11. The Labute approximate surface area is 392 Å². The minimum absolute atomic E-state index is 0.848. The van der Waals surface area contributed by atoms with Crippen LogP contribution in [0, 0.1) is 0 Å². The lowest BCUT2D eigenvalue weighted by Crippen LogP contribution is -2.10. The van der Waals surface area contributed by atoms with Crippen LogP contribution in [0.5, 0.6) is 0 Å². The third kappa shape index (κ3) is 6.88. The smallest absolute Gasteiger partial charge is 0.138 e. The summed E-state index contributed by atoms with van der Waals surface area (Å²) in [6.07, 6.45) is 0. The minimum Gasteiger partial charge on any atom is -0.456 e. The number of rotatable bonds is 8. The van der Waals surface area contributed by atoms with Gasteiger partial charge in [-0.2, -0.15) is 0 Å². The summed E-state index contributed by atoms with van der Waals surface area (Å²) in [4.78, 5) is 2.43. The summed E-state index contributed by atoms with van der Waals surface area (Å²) in [5.41, 5.74) is 16.7. The lowest BCUT2D eigenvalue weighted by molar-refractivity contribution is 0.669. The van der Waals surface area contributed by atoms with E-state index in [-0.39, 0.29) is 0 Å². The first-order chi connectivity index (χ1) is 33.2. The van der Waals surface area contributed by atoms with Gasteiger partial charge < -0.3 is 9.32 Å². The fraction of sp³-hybridized carbons (Fsp3) is 0. The fourth-order valence-electron chi connectivity index (χ4n) is 10.0. The Bertz CT molecular complexity index is 3890. The van der Waals surface area contributed by atoms with Crippen molar-refractivity contribution in [1.82, 2.24) is 0 Å². The van der Waals surface area contributed by atoms with Crippen LogP contribution >= 0.6 is 11.3 Å². The second kappa shape index (κ2) is 16.2. The maximum absolute atomic E-state index is 6.98. The Morgan fingerprint density at radius 2 is 0.836 bits per heavy atom. The highest BCUT2D eigenvalue weighted by Crippen LogP contribution is 2.49. The first-order valence-corrected chi connectivity index (χ1v) is 23.6. The number of furan rings is 1. The van der Waals surface area contributed by atoms with Gasteiger partial charge in [0.2, 0.25) is 0 Å². The van der Waals surface area contributed by atoms with Crippen molar-refractivity contribution in [2.24, 2.45) is 0 Å². The molecule has 0 atom stereocenters. The molecule has 13 aromatic rings. The van der Waals surface area contributed by atoms with Crippen LogP contribution in [-0.2, 0) is 0 Å². The van der Waals surface area contributed by atoms with Crippen molar-refractivity contribution >= 4 is 81.3 Å². The molecule has 2 aromatic heterocycles. The van der Waals surface area contributed by atoms with E-state index in [4.69, 9.17) is 4.42 Å². The van der Waals surface area contributed by atoms with E-state index in [1.807, 2.05) is 11.3 Å². The molecule has 3 heteroatoms. The molecule has 314 valence electrons. The van der Waals surface area contributed by atoms with E-state index in [1.54, 1.807) is 0 Å². The van der Waals surface area contributed by atoms with Crippen LogP contribution in [0.4, 0.5) is 17.1 Å². The van der Waals surface area contributed by atoms with Crippen molar-refractivity contribution in [3.8, 4) is 55.6 Å². The van der Waals surface area contributed by atoms with Crippen molar-refractivity contribution in [3.05, 3.63) is 249 Å². The zero-order valence-electron chi connectivity index (χ0n) is 36.4. The third-order valence-corrected chi connectivity index (χ3v) is 14.4. The molecule has 0 amide bonds. The molecule has 0 fully saturated rings. The maximum Gasteiger partial charge on any atom is 0.138 e. The van der Waals surface area contributed by atoms with E-state index in [9.17, 15) is 0 Å². The van der Waals surface area contributed by atoms with Crippen LogP contribution in [0.2, 0.25) is 0 Å². The van der Waals surface area contributed by atoms with Crippen LogP contribution in [0.25, 0.3) is 109 Å². The summed E-state index contributed by atoms with van der Waals surface area (Å²) in [6.45, 7) is 0. The van der Waals surface area contributed by atoms with Crippen LogP contribution < -0.4 is 4.90 Å². The highest BCUT2D eigenvalue weighted by molar-refractivity contribution is 7.26. The first-order valence-electron chi connectivity index (χ1n) is 22.8. The fourth-order valence-corrected chi connectivity index (χ4v) is 11.2. The largest absolute Gasteiger partial charge is 0.456 e. The minimum atomic E-state index is 0.848. The van der Waals surface area contributed by atoms with E-state index in [0.29, 0.717) is 0 Å². The van der Waals surface area contributed by atoms with E-state index >= 15 is 0 Å². The van der Waals surface area contributed by atoms with Gasteiger partial charge in [0.1, 0.15) is 11.2 Å². The van der Waals surface area contributed by atoms with E-state index in [1.165, 1.54) is 69.9 Å². The summed E-state index contributed by atoms with van der Waals surface area (Å²) >= 11 is 1.85. The maximum atomic E-state index is 6.98. The highest BCUT2D eigenvalue weighted by Gasteiger charge is 2.23. The van der Waals surface area contributed by atoms with Gasteiger partial charge >= 0.3 is 0 Å². The Balaban J connectivity index is 1.03. The topological polar surface area (TPSA) is 16.4 Å². The molecule has 0 aliphatic heterocycles. The quantitative estimate of drug-likeness (QED) is 0.151. The predicted octanol–water partition coefficient (Wildman–Crippen LogP) is 18.9. The predicted molar refractivity (Wildman–Crippen MR) is 286 cm³/mol. The number of hydrogen-bond acceptors (Lipinski definition) is 3. The van der Waals surface area contributed by atoms with Crippen molar-refractivity contribution < 1.29 is 4.42 Å². The number of nitrogens with zero attached hydrogens (tertiary/aromatic N) is 1. The lowest BCUT2D eigenvalue weighted by atomic mass is 9.91. The van der Waals surface area contributed by atoms with Crippen molar-refractivity contribution in [2.75, 3.05) is 4.90 Å². The van der Waals surface area contributed by atoms with Gasteiger partial charge in [-0.1, -0.05) is 188 Å². The molecule has 0 N–H and O–H groups in total. The van der Waals surface area contributed by atoms with Gasteiger partial charge in [-0.05, 0) is 121 Å². The van der Waals surface area contributed by atoms with Crippen LogP contribution in [0.1, 0.15) is 0 Å². The van der Waals surface area contributed by atoms with E-state index in [0.717, 1.165) is 55.7 Å². The molecule has 0 bridgehead atoms. The summed E-state index contributed by atoms with van der Waals surface area (Å²) in [6, 6.07) is 90.1. The van der Waals surface area contributed by atoms with Gasteiger partial charge in [0.05, 0.1) is 16.1 Å². The summed E-state index contributed by atoms with van der Waals surface area (Å²) in [7, 11) is 0. The molecule has 2 nitrogen and oxygen atoms in total. The number of thiophene rings is 1. The molecule has 0 radical (unpaired) electrons. The van der Waals surface area contributed by atoms with Gasteiger partial charge in [0.15, 0.2) is 0 Å². The Kier molecular flexibility index (Phi) is 9.40. The molecule has 0 spiro atoms. The Morgan fingerprint density at radius 1 is 0.313 bits per heavy atom. The first kappa shape index (κ1) is 38.9. The van der Waals surface area contributed by atoms with E-state index in [2.05, 4.69) is 254 Å². The van der Waals surface area contributed by atoms with E-state index < -0.39 is 0 Å². The number of anilines is 3. The van der Waals surface area contributed by atoms with Gasteiger partial charge in [-0.3, -0.25) is 0 Å². The second-order valence-electron chi connectivity index (χ2n) is 17.2. The van der Waals surface area contributed by atoms with Gasteiger partial charge in [0, 0.05) is 38.0 Å². The summed E-state index contributed by atoms with van der Waals surface area (Å²) in [5.74, 6) is 0. The molecule has 0 aliphatic carbocycles. The van der Waals surface area contributed by atoms with Gasteiger partial charge in [0.25, 0.3) is 0 Å². The lowest BCUT2D eigenvalue weighted by Gasteiger charge is -2.27. The van der Waals surface area contributed by atoms with Crippen LogP contribution in [-0.4, -0.2) is 0 Å². The van der Waals surface area contributed by atoms with Crippen LogP contribution in [0.15, 0.2) is 253 Å². The Morgan fingerprint density at radius 3 is 1.51 bits per heavy atom. The van der Waals surface area contributed by atoms with Gasteiger partial charge in [-0.15, -0.1) is 11.3 Å². The molecule has 67 heavy (non-hydrogen) atoms. The summed E-state index contributed by atoms with van der Waals surface area (Å²) < 4.78 is 9.49. The standard InChI is InChI=1S/C64H41NOS/c1-4-15-42(16-5-1)45-31-34-52(35-32-45)65(58-25-14-24-56-55-23-12-13-26-61(55)67-64(56)58)53-40-57(63-60(41-53)66-59-36-33-47-21-10-11-22-54(47)62(59)63)48-29-27-46(28-30-48)51-38-49(43-17-6-2-7-18-43)37-50(39-51)44-19-8-3-9-20-44/h1-41H. The van der Waals surface area contributed by atoms with Crippen molar-refractivity contribution in [3.63, 3.8) is 0 Å². The zero-order valence-corrected chi connectivity index (χ0v) is 37.3. The normalized spacial score (nSPS) is 11.6. The Hall–Kier alpha value is -8.50. The van der Waals surface area contributed by atoms with Gasteiger partial charge in [-0.25, -0.2) is 0 Å². The molecule has 0 saturated heterocycles. The zero-order chi connectivity index (χ0) is 44.3. The molecular weight excluding hydrogens is 831 g/mol. The van der Waals surface area contributed by atoms with Crippen molar-refractivity contribution in [2.45, 2.75) is 0 Å². The molecule has 0 saturated carbocycles. The average Bonchev–Trinajstić information content (AvgIpc) is 3.99. The molecule has 0 unspecified atom stereocenters. The molecule has 0 aliphatic rings.